The van der Waals surface area contributed by atoms with Gasteiger partial charge in [0.1, 0.15) is 0 Å². The largest absolute Gasteiger partial charge is 0.381 e. The van der Waals surface area contributed by atoms with E-state index in [0.717, 1.165) is 25.7 Å². The van der Waals surface area contributed by atoms with Gasteiger partial charge in [-0.05, 0) is 31.2 Å². The van der Waals surface area contributed by atoms with Crippen molar-refractivity contribution >= 4 is 0 Å². The molecule has 2 fully saturated rings. The Labute approximate surface area is 100 Å². The minimum absolute atomic E-state index is 0.520. The summed E-state index contributed by atoms with van der Waals surface area (Å²) in [6, 6.07) is 0.681. The predicted molar refractivity (Wildman–Crippen MR) is 67.6 cm³/mol. The van der Waals surface area contributed by atoms with Gasteiger partial charge in [-0.2, -0.15) is 0 Å². The van der Waals surface area contributed by atoms with Crippen molar-refractivity contribution in [3.63, 3.8) is 0 Å². The molecule has 0 aromatic heterocycles. The topological polar surface area (TPSA) is 21.3 Å². The first-order chi connectivity index (χ1) is 7.76. The molecule has 1 aliphatic carbocycles. The van der Waals surface area contributed by atoms with Crippen molar-refractivity contribution in [1.82, 2.24) is 5.32 Å². The molecule has 0 aromatic rings. The Balaban J connectivity index is 2.03. The van der Waals surface area contributed by atoms with Crippen molar-refractivity contribution in [2.75, 3.05) is 19.8 Å². The molecule has 1 saturated carbocycles. The molecule has 94 valence electrons. The van der Waals surface area contributed by atoms with Crippen LogP contribution in [-0.2, 0) is 4.74 Å². The molecular formula is C14H27NO. The third-order valence-electron chi connectivity index (χ3n) is 4.61. The maximum absolute atomic E-state index is 5.58. The molecule has 2 nitrogen and oxygen atoms in total. The van der Waals surface area contributed by atoms with Gasteiger partial charge in [-0.1, -0.05) is 33.1 Å². The molecule has 2 rings (SSSR count). The number of nitrogens with one attached hydrogen (secondary N) is 1. The Morgan fingerprint density at radius 3 is 2.62 bits per heavy atom. The Kier molecular flexibility index (Phi) is 4.26. The standard InChI is InChI=1S/C14H27NO/c1-3-15-13(12-7-10-16-11-12)14(2)8-5-4-6-9-14/h12-13,15H,3-11H2,1-2H3. The third kappa shape index (κ3) is 2.60. The van der Waals surface area contributed by atoms with Gasteiger partial charge in [0.05, 0.1) is 6.61 Å². The van der Waals surface area contributed by atoms with Gasteiger partial charge in [0, 0.05) is 18.6 Å². The molecule has 0 aromatic carbocycles. The van der Waals surface area contributed by atoms with Crippen molar-refractivity contribution in [2.24, 2.45) is 11.3 Å². The van der Waals surface area contributed by atoms with Gasteiger partial charge in [0.2, 0.25) is 0 Å². The van der Waals surface area contributed by atoms with Gasteiger partial charge >= 0.3 is 0 Å². The van der Waals surface area contributed by atoms with Crippen molar-refractivity contribution in [1.29, 1.82) is 0 Å². The molecule has 1 aliphatic heterocycles. The number of ether oxygens (including phenoxy) is 1. The molecule has 1 saturated heterocycles. The minimum Gasteiger partial charge on any atom is -0.381 e. The summed E-state index contributed by atoms with van der Waals surface area (Å²) in [5.41, 5.74) is 0.520. The van der Waals surface area contributed by atoms with E-state index in [1.54, 1.807) is 0 Å². The minimum atomic E-state index is 0.520. The van der Waals surface area contributed by atoms with Crippen molar-refractivity contribution < 1.29 is 4.74 Å². The van der Waals surface area contributed by atoms with E-state index in [1.807, 2.05) is 0 Å². The summed E-state index contributed by atoms with van der Waals surface area (Å²) >= 11 is 0. The van der Waals surface area contributed by atoms with E-state index in [2.05, 4.69) is 19.2 Å². The molecule has 0 spiro atoms. The van der Waals surface area contributed by atoms with Crippen LogP contribution in [0, 0.1) is 11.3 Å². The van der Waals surface area contributed by atoms with Gasteiger partial charge in [-0.3, -0.25) is 0 Å². The average Bonchev–Trinajstić information content (AvgIpc) is 2.80. The van der Waals surface area contributed by atoms with Crippen molar-refractivity contribution in [3.05, 3.63) is 0 Å². The van der Waals surface area contributed by atoms with Crippen LogP contribution in [0.25, 0.3) is 0 Å². The summed E-state index contributed by atoms with van der Waals surface area (Å²) in [7, 11) is 0. The predicted octanol–water partition coefficient (Wildman–Crippen LogP) is 2.97. The second-order valence-corrected chi connectivity index (χ2v) is 5.87. The van der Waals surface area contributed by atoms with Crippen LogP contribution in [0.4, 0.5) is 0 Å². The number of hydrogen-bond acceptors (Lipinski definition) is 2. The van der Waals surface area contributed by atoms with E-state index in [4.69, 9.17) is 4.74 Å². The van der Waals surface area contributed by atoms with E-state index in [0.29, 0.717) is 11.5 Å². The van der Waals surface area contributed by atoms with Crippen molar-refractivity contribution in [3.8, 4) is 0 Å². The van der Waals surface area contributed by atoms with Crippen LogP contribution in [0.1, 0.15) is 52.4 Å². The van der Waals surface area contributed by atoms with Crippen LogP contribution in [0.3, 0.4) is 0 Å². The first-order valence-corrected chi connectivity index (χ1v) is 7.07. The summed E-state index contributed by atoms with van der Waals surface area (Å²) in [6.45, 7) is 7.78. The molecule has 2 heteroatoms. The normalized spacial score (nSPS) is 31.5. The second kappa shape index (κ2) is 5.50. The maximum Gasteiger partial charge on any atom is 0.0510 e. The van der Waals surface area contributed by atoms with Crippen LogP contribution >= 0.6 is 0 Å². The zero-order valence-corrected chi connectivity index (χ0v) is 10.9. The molecule has 1 heterocycles. The van der Waals surface area contributed by atoms with Crippen LogP contribution < -0.4 is 5.32 Å². The Morgan fingerprint density at radius 1 is 1.31 bits per heavy atom. The number of hydrogen-bond donors (Lipinski definition) is 1. The van der Waals surface area contributed by atoms with Crippen LogP contribution in [0.15, 0.2) is 0 Å². The molecule has 0 amide bonds. The lowest BCUT2D eigenvalue weighted by molar-refractivity contribution is 0.0914. The molecular weight excluding hydrogens is 198 g/mol. The first kappa shape index (κ1) is 12.4. The third-order valence-corrected chi connectivity index (χ3v) is 4.61. The summed E-state index contributed by atoms with van der Waals surface area (Å²) in [4.78, 5) is 0. The summed E-state index contributed by atoms with van der Waals surface area (Å²) in [5.74, 6) is 0.753. The SMILES string of the molecule is CCNC(C1CCOC1)C1(C)CCCCC1. The fourth-order valence-electron chi connectivity index (χ4n) is 3.69. The molecule has 2 aliphatic rings. The lowest BCUT2D eigenvalue weighted by atomic mass is 9.66. The smallest absolute Gasteiger partial charge is 0.0510 e. The zero-order valence-electron chi connectivity index (χ0n) is 10.9. The van der Waals surface area contributed by atoms with Crippen LogP contribution in [-0.4, -0.2) is 25.8 Å². The second-order valence-electron chi connectivity index (χ2n) is 5.87. The van der Waals surface area contributed by atoms with Crippen LogP contribution in [0.2, 0.25) is 0 Å². The van der Waals surface area contributed by atoms with Gasteiger partial charge in [-0.25, -0.2) is 0 Å². The van der Waals surface area contributed by atoms with Gasteiger partial charge in [-0.15, -0.1) is 0 Å². The Morgan fingerprint density at radius 2 is 2.06 bits per heavy atom. The van der Waals surface area contributed by atoms with E-state index >= 15 is 0 Å². The lowest BCUT2D eigenvalue weighted by Gasteiger charge is -2.44. The molecule has 1 N–H and O–H groups in total. The fraction of sp³-hybridized carbons (Fsp3) is 1.00. The van der Waals surface area contributed by atoms with Crippen molar-refractivity contribution in [2.45, 2.75) is 58.4 Å². The Bertz CT molecular complexity index is 205. The summed E-state index contributed by atoms with van der Waals surface area (Å²) < 4.78 is 5.58. The monoisotopic (exact) mass is 225 g/mol. The molecule has 0 radical (unpaired) electrons. The molecule has 16 heavy (non-hydrogen) atoms. The quantitative estimate of drug-likeness (QED) is 0.794. The summed E-state index contributed by atoms with van der Waals surface area (Å²) in [6.07, 6.45) is 8.35. The maximum atomic E-state index is 5.58. The van der Waals surface area contributed by atoms with E-state index < -0.39 is 0 Å². The fourth-order valence-corrected chi connectivity index (χ4v) is 3.69. The highest BCUT2D eigenvalue weighted by molar-refractivity contribution is 4.94. The zero-order chi connectivity index (χ0) is 11.4. The lowest BCUT2D eigenvalue weighted by Crippen LogP contribution is -2.49. The summed E-state index contributed by atoms with van der Waals surface area (Å²) in [5, 5.41) is 3.75. The van der Waals surface area contributed by atoms with Gasteiger partial charge in [0.15, 0.2) is 0 Å². The highest BCUT2D eigenvalue weighted by Gasteiger charge is 2.40. The van der Waals surface area contributed by atoms with Crippen LogP contribution in [0.5, 0.6) is 0 Å². The highest BCUT2D eigenvalue weighted by atomic mass is 16.5. The van der Waals surface area contributed by atoms with Gasteiger partial charge < -0.3 is 10.1 Å². The van der Waals surface area contributed by atoms with E-state index in [1.165, 1.54) is 38.5 Å². The van der Waals surface area contributed by atoms with Gasteiger partial charge in [0.25, 0.3) is 0 Å². The molecule has 2 unspecified atom stereocenters. The Hall–Kier alpha value is -0.0800. The number of rotatable bonds is 4. The average molecular weight is 225 g/mol. The van der Waals surface area contributed by atoms with E-state index in [-0.39, 0.29) is 0 Å². The molecule has 0 bridgehead atoms. The van der Waals surface area contributed by atoms with E-state index in [9.17, 15) is 0 Å². The first-order valence-electron chi connectivity index (χ1n) is 7.07. The molecule has 2 atom stereocenters. The highest BCUT2D eigenvalue weighted by Crippen LogP contribution is 2.42.